The Morgan fingerprint density at radius 2 is 2.38 bits per heavy atom. The van der Waals surface area contributed by atoms with Crippen LogP contribution < -0.4 is 10.9 Å². The number of nitrogens with one attached hydrogen (secondary N) is 2. The summed E-state index contributed by atoms with van der Waals surface area (Å²) in [5.41, 5.74) is 0.372. The fraction of sp³-hybridized carbons (Fsp3) is 0.333. The second-order valence-corrected chi connectivity index (χ2v) is 4.09. The maximum atomic E-state index is 11.9. The number of aromatic nitrogens is 2. The molecule has 2 rings (SSSR count). The fourth-order valence-electron chi connectivity index (χ4n) is 1.31. The molecule has 2 aromatic heterocycles. The molecule has 0 amide bonds. The van der Waals surface area contributed by atoms with Crippen LogP contribution in [0.2, 0.25) is 0 Å². The third-order valence-electron chi connectivity index (χ3n) is 1.95. The quantitative estimate of drug-likeness (QED) is 0.854. The molecule has 4 nitrogen and oxygen atoms in total. The van der Waals surface area contributed by atoms with E-state index in [-0.39, 0.29) is 12.1 Å². The Hall–Kier alpha value is -1.34. The van der Waals surface area contributed by atoms with Crippen molar-refractivity contribution in [2.75, 3.05) is 6.54 Å². The number of fused-ring (bicyclic) bond motifs is 1. The third-order valence-corrected chi connectivity index (χ3v) is 2.86. The van der Waals surface area contributed by atoms with E-state index < -0.39 is 13.0 Å². The number of hydrogen-bond donors (Lipinski definition) is 2. The highest BCUT2D eigenvalue weighted by Gasteiger charge is 2.06. The number of halogens is 2. The van der Waals surface area contributed by atoms with Crippen molar-refractivity contribution in [3.05, 3.63) is 27.6 Å². The summed E-state index contributed by atoms with van der Waals surface area (Å²) in [6, 6.07) is 1.73. The van der Waals surface area contributed by atoms with Gasteiger partial charge in [0, 0.05) is 0 Å². The van der Waals surface area contributed by atoms with Crippen LogP contribution in [0.4, 0.5) is 8.78 Å². The van der Waals surface area contributed by atoms with Gasteiger partial charge in [-0.05, 0) is 11.4 Å². The molecule has 2 N–H and O–H groups in total. The lowest BCUT2D eigenvalue weighted by Gasteiger charge is -2.03. The van der Waals surface area contributed by atoms with E-state index in [1.807, 2.05) is 0 Å². The van der Waals surface area contributed by atoms with E-state index in [1.165, 1.54) is 11.3 Å². The SMILES string of the molecule is O=c1[nH]c(CNCC(F)F)nc2ccsc12. The van der Waals surface area contributed by atoms with Gasteiger partial charge in [0.05, 0.1) is 18.6 Å². The zero-order valence-corrected chi connectivity index (χ0v) is 8.98. The van der Waals surface area contributed by atoms with Gasteiger partial charge < -0.3 is 10.3 Å². The van der Waals surface area contributed by atoms with Crippen LogP contribution in [0.25, 0.3) is 10.2 Å². The zero-order chi connectivity index (χ0) is 11.5. The second-order valence-electron chi connectivity index (χ2n) is 3.17. The van der Waals surface area contributed by atoms with Gasteiger partial charge in [0.1, 0.15) is 10.5 Å². The number of alkyl halides is 2. The van der Waals surface area contributed by atoms with Gasteiger partial charge >= 0.3 is 0 Å². The molecule has 0 aliphatic heterocycles. The third kappa shape index (κ3) is 2.42. The molecule has 0 spiro atoms. The molecule has 2 aromatic rings. The minimum absolute atomic E-state index is 0.130. The van der Waals surface area contributed by atoms with E-state index in [9.17, 15) is 13.6 Å². The summed E-state index contributed by atoms with van der Waals surface area (Å²) in [4.78, 5) is 18.2. The van der Waals surface area contributed by atoms with Crippen molar-refractivity contribution in [1.29, 1.82) is 0 Å². The summed E-state index contributed by atoms with van der Waals surface area (Å²) >= 11 is 1.30. The Kier molecular flexibility index (Phi) is 3.25. The Balaban J connectivity index is 2.16. The Labute approximate surface area is 93.3 Å². The first kappa shape index (κ1) is 11.2. The number of rotatable bonds is 4. The van der Waals surface area contributed by atoms with Crippen molar-refractivity contribution in [1.82, 2.24) is 15.3 Å². The molecule has 0 atom stereocenters. The van der Waals surface area contributed by atoms with Crippen molar-refractivity contribution >= 4 is 21.6 Å². The molecule has 2 heterocycles. The minimum Gasteiger partial charge on any atom is -0.308 e. The van der Waals surface area contributed by atoms with Crippen LogP contribution in [-0.2, 0) is 6.54 Å². The van der Waals surface area contributed by atoms with E-state index in [0.717, 1.165) is 0 Å². The first-order chi connectivity index (χ1) is 7.66. The fourth-order valence-corrected chi connectivity index (χ4v) is 2.03. The van der Waals surface area contributed by atoms with Gasteiger partial charge in [0.2, 0.25) is 0 Å². The summed E-state index contributed by atoms with van der Waals surface area (Å²) < 4.78 is 24.3. The number of thiophene rings is 1. The van der Waals surface area contributed by atoms with Crippen molar-refractivity contribution in [2.24, 2.45) is 0 Å². The summed E-state index contributed by atoms with van der Waals surface area (Å²) in [5, 5.41) is 4.27. The zero-order valence-electron chi connectivity index (χ0n) is 8.17. The van der Waals surface area contributed by atoms with Crippen molar-refractivity contribution in [2.45, 2.75) is 13.0 Å². The highest BCUT2D eigenvalue weighted by atomic mass is 32.1. The van der Waals surface area contributed by atoms with Crippen molar-refractivity contribution < 1.29 is 8.78 Å². The molecule has 0 aliphatic rings. The van der Waals surface area contributed by atoms with E-state index in [1.54, 1.807) is 11.4 Å². The highest BCUT2D eigenvalue weighted by Crippen LogP contribution is 2.13. The van der Waals surface area contributed by atoms with Gasteiger partial charge in [-0.25, -0.2) is 13.8 Å². The van der Waals surface area contributed by atoms with E-state index in [2.05, 4.69) is 15.3 Å². The molecule has 0 fully saturated rings. The standard InChI is InChI=1S/C9H9F2N3OS/c10-6(11)3-12-4-7-13-5-1-2-16-8(5)9(15)14-7/h1-2,6,12H,3-4H2,(H,13,14,15). The molecule has 7 heteroatoms. The molecule has 0 unspecified atom stereocenters. The lowest BCUT2D eigenvalue weighted by Crippen LogP contribution is -2.23. The van der Waals surface area contributed by atoms with Gasteiger partial charge in [-0.3, -0.25) is 4.79 Å². The van der Waals surface area contributed by atoms with Crippen LogP contribution >= 0.6 is 11.3 Å². The average Bonchev–Trinajstić information content (AvgIpc) is 2.65. The molecule has 0 saturated heterocycles. The molecule has 16 heavy (non-hydrogen) atoms. The maximum absolute atomic E-state index is 11.9. The summed E-state index contributed by atoms with van der Waals surface area (Å²) in [7, 11) is 0. The van der Waals surface area contributed by atoms with Crippen LogP contribution in [-0.4, -0.2) is 22.9 Å². The summed E-state index contributed by atoms with van der Waals surface area (Å²) in [6.45, 7) is -0.281. The first-order valence-electron chi connectivity index (χ1n) is 4.62. The normalized spacial score (nSPS) is 11.4. The van der Waals surface area contributed by atoms with Crippen LogP contribution in [0.3, 0.4) is 0 Å². The molecule has 0 bridgehead atoms. The molecule has 0 saturated carbocycles. The monoisotopic (exact) mass is 245 g/mol. The molecular formula is C9H9F2N3OS. The second kappa shape index (κ2) is 4.67. The molecule has 0 aromatic carbocycles. The minimum atomic E-state index is -2.41. The predicted octanol–water partition coefficient (Wildman–Crippen LogP) is 1.34. The van der Waals surface area contributed by atoms with E-state index in [0.29, 0.717) is 16.0 Å². The number of H-pyrrole nitrogens is 1. The highest BCUT2D eigenvalue weighted by molar-refractivity contribution is 7.17. The summed E-state index contributed by atoms with van der Waals surface area (Å²) in [6.07, 6.45) is -2.41. The van der Waals surface area contributed by atoms with Gasteiger partial charge in [-0.15, -0.1) is 11.3 Å². The lowest BCUT2D eigenvalue weighted by atomic mass is 10.4. The van der Waals surface area contributed by atoms with Gasteiger partial charge in [-0.1, -0.05) is 0 Å². The van der Waals surface area contributed by atoms with Crippen LogP contribution in [0.15, 0.2) is 16.2 Å². The predicted molar refractivity (Wildman–Crippen MR) is 58.0 cm³/mol. The lowest BCUT2D eigenvalue weighted by molar-refractivity contribution is 0.145. The van der Waals surface area contributed by atoms with Gasteiger partial charge in [-0.2, -0.15) is 0 Å². The molecule has 0 aliphatic carbocycles. The topological polar surface area (TPSA) is 57.8 Å². The first-order valence-corrected chi connectivity index (χ1v) is 5.50. The van der Waals surface area contributed by atoms with Crippen molar-refractivity contribution in [3.63, 3.8) is 0 Å². The Bertz CT molecular complexity index is 537. The molecular weight excluding hydrogens is 236 g/mol. The smallest absolute Gasteiger partial charge is 0.268 e. The van der Waals surface area contributed by atoms with Crippen LogP contribution in [0.5, 0.6) is 0 Å². The number of nitrogens with zero attached hydrogens (tertiary/aromatic N) is 1. The van der Waals surface area contributed by atoms with Gasteiger partial charge in [0.25, 0.3) is 12.0 Å². The summed E-state index contributed by atoms with van der Waals surface area (Å²) in [5.74, 6) is 0.372. The van der Waals surface area contributed by atoms with Crippen LogP contribution in [0, 0.1) is 0 Å². The van der Waals surface area contributed by atoms with E-state index in [4.69, 9.17) is 0 Å². The number of hydrogen-bond acceptors (Lipinski definition) is 4. The number of aromatic amines is 1. The maximum Gasteiger partial charge on any atom is 0.268 e. The molecule has 86 valence electrons. The Morgan fingerprint density at radius 1 is 1.56 bits per heavy atom. The van der Waals surface area contributed by atoms with Gasteiger partial charge in [0.15, 0.2) is 0 Å². The Morgan fingerprint density at radius 3 is 3.12 bits per heavy atom. The molecule has 0 radical (unpaired) electrons. The van der Waals surface area contributed by atoms with Crippen molar-refractivity contribution in [3.8, 4) is 0 Å². The van der Waals surface area contributed by atoms with E-state index >= 15 is 0 Å². The van der Waals surface area contributed by atoms with Crippen LogP contribution in [0.1, 0.15) is 5.82 Å². The largest absolute Gasteiger partial charge is 0.308 e. The average molecular weight is 245 g/mol.